The van der Waals surface area contributed by atoms with Gasteiger partial charge < -0.3 is 10.1 Å². The van der Waals surface area contributed by atoms with Gasteiger partial charge in [-0.25, -0.2) is 14.2 Å². The van der Waals surface area contributed by atoms with E-state index in [4.69, 9.17) is 39.5 Å². The first-order chi connectivity index (χ1) is 15.2. The predicted octanol–water partition coefficient (Wildman–Crippen LogP) is 6.12. The van der Waals surface area contributed by atoms with E-state index in [1.165, 1.54) is 30.5 Å². The quantitative estimate of drug-likeness (QED) is 0.456. The van der Waals surface area contributed by atoms with Crippen LogP contribution in [0.2, 0.25) is 15.1 Å². The minimum Gasteiger partial charge on any atom is -0.435 e. The van der Waals surface area contributed by atoms with Crippen LogP contribution in [0.1, 0.15) is 21.5 Å². The number of rotatable bonds is 4. The number of carbonyl (C=O) groups excluding carboxylic acids is 2. The van der Waals surface area contributed by atoms with Crippen LogP contribution in [0.5, 0.6) is 11.6 Å². The number of ether oxygens (including phenoxy) is 1. The van der Waals surface area contributed by atoms with Crippen LogP contribution in [0.25, 0.3) is 0 Å². The number of imide groups is 1. The first kappa shape index (κ1) is 23.3. The summed E-state index contributed by atoms with van der Waals surface area (Å²) in [5.74, 6) is -1.89. The second kappa shape index (κ2) is 9.83. The van der Waals surface area contributed by atoms with Crippen molar-refractivity contribution in [3.63, 3.8) is 0 Å². The van der Waals surface area contributed by atoms with E-state index in [1.54, 1.807) is 13.0 Å². The van der Waals surface area contributed by atoms with Crippen LogP contribution in [0.3, 0.4) is 0 Å². The number of aryl methyl sites for hydroxylation is 1. The summed E-state index contributed by atoms with van der Waals surface area (Å²) in [4.78, 5) is 28.4. The molecule has 0 fully saturated rings. The first-order valence-electron chi connectivity index (χ1n) is 8.79. The Labute approximate surface area is 196 Å². The Hall–Kier alpha value is -3.38. The number of aromatic nitrogens is 1. The molecule has 0 bridgehead atoms. The van der Waals surface area contributed by atoms with Gasteiger partial charge in [0.05, 0.1) is 20.6 Å². The predicted molar refractivity (Wildman–Crippen MR) is 118 cm³/mol. The minimum atomic E-state index is -1.03. The van der Waals surface area contributed by atoms with Crippen LogP contribution in [0, 0.1) is 24.1 Å². The molecule has 2 aromatic carbocycles. The molecular formula is C21H12Cl3FN4O3. The van der Waals surface area contributed by atoms with Crippen LogP contribution < -0.4 is 15.4 Å². The maximum atomic E-state index is 13.8. The van der Waals surface area contributed by atoms with Crippen LogP contribution in [-0.2, 0) is 0 Å². The maximum absolute atomic E-state index is 13.8. The lowest BCUT2D eigenvalue weighted by atomic mass is 10.2. The number of halogens is 4. The Kier molecular flexibility index (Phi) is 7.15. The molecule has 0 aliphatic heterocycles. The molecule has 11 heteroatoms. The number of nitrogens with zero attached hydrogens (tertiary/aromatic N) is 2. The highest BCUT2D eigenvalue weighted by Gasteiger charge is 2.19. The third kappa shape index (κ3) is 5.26. The molecule has 0 saturated carbocycles. The van der Waals surface area contributed by atoms with Gasteiger partial charge in [0.2, 0.25) is 5.88 Å². The highest BCUT2D eigenvalue weighted by molar-refractivity contribution is 6.38. The van der Waals surface area contributed by atoms with Crippen LogP contribution in [0.15, 0.2) is 42.6 Å². The van der Waals surface area contributed by atoms with Crippen molar-refractivity contribution in [1.29, 1.82) is 5.26 Å². The summed E-state index contributed by atoms with van der Waals surface area (Å²) in [6.07, 6.45) is 1.51. The number of carbonyl (C=O) groups is 2. The number of nitriles is 1. The average Bonchev–Trinajstić information content (AvgIpc) is 2.71. The Bertz CT molecular complexity index is 1230. The standard InChI is InChI=1S/C21H12Cl3FN4O3/c1-10-5-11(8-26)20(27-9-10)32-18-14(23)6-12(7-15(18)24)28-21(31)29-19(30)17-13(22)3-2-4-16(17)25/h2-7,9H,1H3,(H2,28,29,30,31). The zero-order chi connectivity index (χ0) is 23.4. The highest BCUT2D eigenvalue weighted by Crippen LogP contribution is 2.39. The van der Waals surface area contributed by atoms with Crippen LogP contribution >= 0.6 is 34.8 Å². The zero-order valence-electron chi connectivity index (χ0n) is 16.2. The molecule has 7 nitrogen and oxygen atoms in total. The van der Waals surface area contributed by atoms with Crippen molar-refractivity contribution >= 4 is 52.4 Å². The summed E-state index contributed by atoms with van der Waals surface area (Å²) in [6.45, 7) is 1.77. The molecule has 0 unspecified atom stereocenters. The molecule has 0 spiro atoms. The van der Waals surface area contributed by atoms with Gasteiger partial charge in [-0.1, -0.05) is 40.9 Å². The fourth-order valence-electron chi connectivity index (χ4n) is 2.59. The normalized spacial score (nSPS) is 10.2. The molecule has 0 aliphatic rings. The first-order valence-corrected chi connectivity index (χ1v) is 9.93. The molecule has 1 aromatic heterocycles. The molecule has 3 rings (SSSR count). The van der Waals surface area contributed by atoms with Crippen molar-refractivity contribution in [2.45, 2.75) is 6.92 Å². The number of pyridine rings is 1. The van der Waals surface area contributed by atoms with Crippen molar-refractivity contribution in [2.24, 2.45) is 0 Å². The number of benzene rings is 2. The van der Waals surface area contributed by atoms with E-state index >= 15 is 0 Å². The van der Waals surface area contributed by atoms with Gasteiger partial charge in [-0.2, -0.15) is 5.26 Å². The summed E-state index contributed by atoms with van der Waals surface area (Å²) in [5.41, 5.74) is 0.601. The van der Waals surface area contributed by atoms with Crippen LogP contribution in [0.4, 0.5) is 14.9 Å². The molecule has 32 heavy (non-hydrogen) atoms. The zero-order valence-corrected chi connectivity index (χ0v) is 18.4. The summed E-state index contributed by atoms with van der Waals surface area (Å²) in [6, 6.07) is 8.88. The van der Waals surface area contributed by atoms with Gasteiger partial charge in [-0.05, 0) is 42.8 Å². The number of nitrogens with one attached hydrogen (secondary N) is 2. The lowest BCUT2D eigenvalue weighted by Crippen LogP contribution is -2.35. The molecule has 3 aromatic rings. The van der Waals surface area contributed by atoms with Crippen molar-refractivity contribution in [1.82, 2.24) is 10.3 Å². The molecular weight excluding hydrogens is 482 g/mol. The SMILES string of the molecule is Cc1cnc(Oc2c(Cl)cc(NC(=O)NC(=O)c3c(F)cccc3Cl)cc2Cl)c(C#N)c1. The van der Waals surface area contributed by atoms with E-state index in [9.17, 15) is 19.2 Å². The number of anilines is 1. The van der Waals surface area contributed by atoms with Gasteiger partial charge in [0.1, 0.15) is 17.4 Å². The fourth-order valence-corrected chi connectivity index (χ4v) is 3.40. The molecule has 0 radical (unpaired) electrons. The van der Waals surface area contributed by atoms with E-state index in [0.29, 0.717) is 0 Å². The van der Waals surface area contributed by atoms with Gasteiger partial charge in [-0.3, -0.25) is 10.1 Å². The molecule has 0 atom stereocenters. The molecule has 162 valence electrons. The van der Waals surface area contributed by atoms with E-state index < -0.39 is 23.3 Å². The Morgan fingerprint density at radius 3 is 2.44 bits per heavy atom. The van der Waals surface area contributed by atoms with Crippen molar-refractivity contribution in [3.05, 3.63) is 80.2 Å². The largest absolute Gasteiger partial charge is 0.435 e. The van der Waals surface area contributed by atoms with Crippen molar-refractivity contribution < 1.29 is 18.7 Å². The van der Waals surface area contributed by atoms with Crippen molar-refractivity contribution in [2.75, 3.05) is 5.32 Å². The Morgan fingerprint density at radius 1 is 1.12 bits per heavy atom. The number of hydrogen-bond donors (Lipinski definition) is 2. The second-order valence-electron chi connectivity index (χ2n) is 6.35. The summed E-state index contributed by atoms with van der Waals surface area (Å²) < 4.78 is 19.4. The lowest BCUT2D eigenvalue weighted by molar-refractivity contribution is 0.0963. The van der Waals surface area contributed by atoms with Gasteiger partial charge in [0.25, 0.3) is 5.91 Å². The highest BCUT2D eigenvalue weighted by atomic mass is 35.5. The third-order valence-electron chi connectivity index (χ3n) is 3.98. The average molecular weight is 494 g/mol. The van der Waals surface area contributed by atoms with Gasteiger partial charge >= 0.3 is 6.03 Å². The van der Waals surface area contributed by atoms with E-state index in [2.05, 4.69) is 10.3 Å². The van der Waals surface area contributed by atoms with Gasteiger partial charge in [0.15, 0.2) is 5.75 Å². The number of amides is 3. The second-order valence-corrected chi connectivity index (χ2v) is 7.57. The summed E-state index contributed by atoms with van der Waals surface area (Å²) in [5, 5.41) is 13.4. The Balaban J connectivity index is 1.76. The minimum absolute atomic E-state index is 0.00235. The lowest BCUT2D eigenvalue weighted by Gasteiger charge is -2.13. The summed E-state index contributed by atoms with van der Waals surface area (Å²) >= 11 is 18.2. The van der Waals surface area contributed by atoms with Crippen molar-refractivity contribution in [3.8, 4) is 17.7 Å². The number of urea groups is 1. The van der Waals surface area contributed by atoms with Gasteiger partial charge in [-0.15, -0.1) is 0 Å². The molecule has 0 saturated heterocycles. The maximum Gasteiger partial charge on any atom is 0.326 e. The molecule has 2 N–H and O–H groups in total. The van der Waals surface area contributed by atoms with E-state index in [0.717, 1.165) is 11.6 Å². The topological polar surface area (TPSA) is 104 Å². The Morgan fingerprint density at radius 2 is 1.81 bits per heavy atom. The van der Waals surface area contributed by atoms with E-state index in [-0.39, 0.29) is 37.9 Å². The smallest absolute Gasteiger partial charge is 0.326 e. The molecule has 1 heterocycles. The fraction of sp³-hybridized carbons (Fsp3) is 0.0476. The van der Waals surface area contributed by atoms with Gasteiger partial charge in [0, 0.05) is 11.9 Å². The van der Waals surface area contributed by atoms with E-state index in [1.807, 2.05) is 11.4 Å². The molecule has 0 aliphatic carbocycles. The van der Waals surface area contributed by atoms with Crippen LogP contribution in [-0.4, -0.2) is 16.9 Å². The third-order valence-corrected chi connectivity index (χ3v) is 4.86. The number of hydrogen-bond acceptors (Lipinski definition) is 5. The summed E-state index contributed by atoms with van der Waals surface area (Å²) in [7, 11) is 0. The monoisotopic (exact) mass is 492 g/mol. The molecule has 3 amide bonds.